The quantitative estimate of drug-likeness (QED) is 0.485. The molecule has 4 N–H and O–H groups in total. The lowest BCUT2D eigenvalue weighted by atomic mass is 9.96. The van der Waals surface area contributed by atoms with Crippen LogP contribution in [-0.4, -0.2) is 17.9 Å². The highest BCUT2D eigenvalue weighted by atomic mass is 16.2. The average Bonchev–Trinajstić information content (AvgIpc) is 1.97. The summed E-state index contributed by atoms with van der Waals surface area (Å²) in [7, 11) is 0. The third-order valence-electron chi connectivity index (χ3n) is 1.39. The molecule has 0 aliphatic heterocycles. The summed E-state index contributed by atoms with van der Waals surface area (Å²) in [6, 6.07) is -0.625. The van der Waals surface area contributed by atoms with E-state index in [1.807, 2.05) is 0 Å². The summed E-state index contributed by atoms with van der Waals surface area (Å²) in [4.78, 5) is 22.1. The first kappa shape index (κ1) is 11.9. The van der Waals surface area contributed by atoms with E-state index in [-0.39, 0.29) is 5.91 Å². The molecular weight excluding hydrogens is 170 g/mol. The van der Waals surface area contributed by atoms with Crippen molar-refractivity contribution in [2.45, 2.75) is 33.7 Å². The predicted molar refractivity (Wildman–Crippen MR) is 49.4 cm³/mol. The maximum atomic E-state index is 11.2. The van der Waals surface area contributed by atoms with Crippen molar-refractivity contribution in [1.82, 2.24) is 10.9 Å². The number of hydrogen-bond acceptors (Lipinski definition) is 3. The summed E-state index contributed by atoms with van der Waals surface area (Å²) in [5.74, 6) is -0.654. The van der Waals surface area contributed by atoms with Crippen molar-refractivity contribution in [2.24, 2.45) is 11.1 Å². The molecule has 76 valence electrons. The van der Waals surface area contributed by atoms with E-state index in [1.165, 1.54) is 0 Å². The third kappa shape index (κ3) is 4.47. The molecule has 2 amide bonds. The van der Waals surface area contributed by atoms with Crippen LogP contribution in [0, 0.1) is 5.41 Å². The molecule has 5 heteroatoms. The molecule has 0 aliphatic carbocycles. The highest BCUT2D eigenvalue weighted by Crippen LogP contribution is 2.11. The van der Waals surface area contributed by atoms with Gasteiger partial charge < -0.3 is 5.73 Å². The van der Waals surface area contributed by atoms with Gasteiger partial charge >= 0.3 is 0 Å². The Hall–Kier alpha value is -1.10. The van der Waals surface area contributed by atoms with Crippen LogP contribution in [0.4, 0.5) is 0 Å². The van der Waals surface area contributed by atoms with Gasteiger partial charge in [0.15, 0.2) is 0 Å². The molecule has 13 heavy (non-hydrogen) atoms. The van der Waals surface area contributed by atoms with E-state index in [0.29, 0.717) is 0 Å². The van der Waals surface area contributed by atoms with E-state index in [4.69, 9.17) is 5.73 Å². The highest BCUT2D eigenvalue weighted by molar-refractivity contribution is 5.86. The van der Waals surface area contributed by atoms with E-state index in [0.717, 1.165) is 0 Å². The minimum Gasteiger partial charge on any atom is -0.320 e. The molecular formula is C8H17N3O2. The van der Waals surface area contributed by atoms with Crippen molar-refractivity contribution in [3.05, 3.63) is 0 Å². The molecule has 0 aromatic carbocycles. The lowest BCUT2D eigenvalue weighted by molar-refractivity contribution is -0.134. The lowest BCUT2D eigenvalue weighted by Crippen LogP contribution is -2.51. The zero-order valence-corrected chi connectivity index (χ0v) is 8.47. The van der Waals surface area contributed by atoms with Crippen molar-refractivity contribution in [3.8, 4) is 0 Å². The van der Waals surface area contributed by atoms with Crippen LogP contribution in [0.2, 0.25) is 0 Å². The van der Waals surface area contributed by atoms with E-state index in [1.54, 1.807) is 27.7 Å². The Morgan fingerprint density at radius 2 is 1.69 bits per heavy atom. The number of hydrogen-bond donors (Lipinski definition) is 3. The minimum atomic E-state index is -0.625. The fourth-order valence-electron chi connectivity index (χ4n) is 0.420. The van der Waals surface area contributed by atoms with Crippen LogP contribution in [0.3, 0.4) is 0 Å². The molecule has 0 fully saturated rings. The topological polar surface area (TPSA) is 84.2 Å². The Morgan fingerprint density at radius 3 is 2.00 bits per heavy atom. The smallest absolute Gasteiger partial charge is 0.254 e. The van der Waals surface area contributed by atoms with Gasteiger partial charge in [0.2, 0.25) is 5.91 Å². The van der Waals surface area contributed by atoms with Gasteiger partial charge in [-0.15, -0.1) is 0 Å². The first-order valence-electron chi connectivity index (χ1n) is 4.11. The SMILES string of the molecule is CC(N)C(=O)NNC(=O)C(C)(C)C. The van der Waals surface area contributed by atoms with Crippen molar-refractivity contribution < 1.29 is 9.59 Å². The molecule has 0 bridgehead atoms. The van der Waals surface area contributed by atoms with Gasteiger partial charge in [-0.1, -0.05) is 20.8 Å². The van der Waals surface area contributed by atoms with Crippen LogP contribution >= 0.6 is 0 Å². The Kier molecular flexibility index (Phi) is 3.87. The molecule has 0 aromatic heterocycles. The Balaban J connectivity index is 3.92. The van der Waals surface area contributed by atoms with Crippen LogP contribution in [0.25, 0.3) is 0 Å². The number of hydrazine groups is 1. The molecule has 5 nitrogen and oxygen atoms in total. The summed E-state index contributed by atoms with van der Waals surface area (Å²) >= 11 is 0. The number of rotatable bonds is 1. The molecule has 1 unspecified atom stereocenters. The fraction of sp³-hybridized carbons (Fsp3) is 0.750. The number of nitrogens with two attached hydrogens (primary N) is 1. The maximum absolute atomic E-state index is 11.2. The van der Waals surface area contributed by atoms with Gasteiger partial charge in [-0.25, -0.2) is 0 Å². The van der Waals surface area contributed by atoms with Gasteiger partial charge in [0.25, 0.3) is 5.91 Å². The van der Waals surface area contributed by atoms with E-state index in [2.05, 4.69) is 10.9 Å². The number of amides is 2. The summed E-state index contributed by atoms with van der Waals surface area (Å²) in [5, 5.41) is 0. The summed E-state index contributed by atoms with van der Waals surface area (Å²) in [5.41, 5.74) is 9.26. The highest BCUT2D eigenvalue weighted by Gasteiger charge is 2.21. The Bertz CT molecular complexity index is 206. The second-order valence-electron chi connectivity index (χ2n) is 3.98. The van der Waals surface area contributed by atoms with E-state index in [9.17, 15) is 9.59 Å². The molecule has 0 saturated carbocycles. The molecule has 0 aromatic rings. The zero-order valence-electron chi connectivity index (χ0n) is 8.47. The molecule has 0 radical (unpaired) electrons. The van der Waals surface area contributed by atoms with E-state index >= 15 is 0 Å². The zero-order chi connectivity index (χ0) is 10.6. The maximum Gasteiger partial charge on any atom is 0.254 e. The molecule has 0 spiro atoms. The molecule has 0 saturated heterocycles. The first-order valence-corrected chi connectivity index (χ1v) is 4.11. The number of nitrogens with one attached hydrogen (secondary N) is 2. The van der Waals surface area contributed by atoms with Gasteiger partial charge in [-0.3, -0.25) is 20.4 Å². The summed E-state index contributed by atoms with van der Waals surface area (Å²) in [6.07, 6.45) is 0. The van der Waals surface area contributed by atoms with Crippen LogP contribution in [0.1, 0.15) is 27.7 Å². The van der Waals surface area contributed by atoms with E-state index < -0.39 is 17.4 Å². The largest absolute Gasteiger partial charge is 0.320 e. The molecule has 0 heterocycles. The number of carbonyl (C=O) groups is 2. The van der Waals surface area contributed by atoms with Gasteiger partial charge in [0.1, 0.15) is 0 Å². The summed E-state index contributed by atoms with van der Waals surface area (Å²) < 4.78 is 0. The van der Waals surface area contributed by atoms with Crippen molar-refractivity contribution in [1.29, 1.82) is 0 Å². The second kappa shape index (κ2) is 4.23. The molecule has 0 rings (SSSR count). The summed E-state index contributed by atoms with van der Waals surface area (Å²) in [6.45, 7) is 6.79. The van der Waals surface area contributed by atoms with Gasteiger partial charge in [-0.05, 0) is 6.92 Å². The predicted octanol–water partition coefficient (Wildman–Crippen LogP) is -0.473. The normalized spacial score (nSPS) is 13.3. The van der Waals surface area contributed by atoms with Crippen molar-refractivity contribution >= 4 is 11.8 Å². The molecule has 0 aliphatic rings. The van der Waals surface area contributed by atoms with Crippen molar-refractivity contribution in [2.75, 3.05) is 0 Å². The van der Waals surface area contributed by atoms with Gasteiger partial charge in [0.05, 0.1) is 6.04 Å². The van der Waals surface area contributed by atoms with Crippen LogP contribution in [0.5, 0.6) is 0 Å². The standard InChI is InChI=1S/C8H17N3O2/c1-5(9)6(12)10-11-7(13)8(2,3)4/h5H,9H2,1-4H3,(H,10,12)(H,11,13). The van der Waals surface area contributed by atoms with Crippen LogP contribution in [0.15, 0.2) is 0 Å². The molecule has 1 atom stereocenters. The first-order chi connectivity index (χ1) is 5.75. The monoisotopic (exact) mass is 187 g/mol. The van der Waals surface area contributed by atoms with Gasteiger partial charge in [0, 0.05) is 5.41 Å². The van der Waals surface area contributed by atoms with Crippen LogP contribution < -0.4 is 16.6 Å². The van der Waals surface area contributed by atoms with Crippen molar-refractivity contribution in [3.63, 3.8) is 0 Å². The fourth-order valence-corrected chi connectivity index (χ4v) is 0.420. The third-order valence-corrected chi connectivity index (χ3v) is 1.39. The average molecular weight is 187 g/mol. The minimum absolute atomic E-state index is 0.249. The Labute approximate surface area is 78.0 Å². The lowest BCUT2D eigenvalue weighted by Gasteiger charge is -2.18. The second-order valence-corrected chi connectivity index (χ2v) is 3.98. The van der Waals surface area contributed by atoms with Crippen LogP contribution in [-0.2, 0) is 9.59 Å². The Morgan fingerprint density at radius 1 is 1.23 bits per heavy atom. The van der Waals surface area contributed by atoms with Gasteiger partial charge in [-0.2, -0.15) is 0 Å². The number of carbonyl (C=O) groups excluding carboxylic acids is 2.